The third kappa shape index (κ3) is 2.40. The van der Waals surface area contributed by atoms with E-state index in [2.05, 4.69) is 0 Å². The Kier molecular flexibility index (Phi) is 3.66. The van der Waals surface area contributed by atoms with E-state index in [-0.39, 0.29) is 11.5 Å². The Hall–Kier alpha value is -3.66. The molecule has 0 saturated carbocycles. The van der Waals surface area contributed by atoms with Crippen molar-refractivity contribution in [1.29, 1.82) is 0 Å². The van der Waals surface area contributed by atoms with Crippen LogP contribution in [0.3, 0.4) is 0 Å². The number of phenols is 2. The Balaban J connectivity index is 2.15. The third-order valence-corrected chi connectivity index (χ3v) is 4.62. The number of hydrogen-bond acceptors (Lipinski definition) is 4. The van der Waals surface area contributed by atoms with Crippen LogP contribution in [0.1, 0.15) is 0 Å². The average molecular weight is 342 g/mol. The second kappa shape index (κ2) is 6.01. The summed E-state index contributed by atoms with van der Waals surface area (Å²) in [5, 5.41) is 23.1. The molecular formula is C22H18N2O2. The standard InChI is InChI=1S/C22H18N2O2/c23-18-9-3-7-16(21(18)25)15-12-11-13-5-1-2-6-14(13)20(15)17-8-4-10-19(24)22(17)26/h1-12,25-26H,23-24H2. The Labute approximate surface area is 150 Å². The highest BCUT2D eigenvalue weighted by atomic mass is 16.3. The van der Waals surface area contributed by atoms with Crippen LogP contribution in [0.25, 0.3) is 33.0 Å². The van der Waals surface area contributed by atoms with Crippen LogP contribution in [0.15, 0.2) is 72.8 Å². The van der Waals surface area contributed by atoms with Gasteiger partial charge in [0, 0.05) is 16.7 Å². The number of fused-ring (bicyclic) bond motifs is 1. The second-order valence-corrected chi connectivity index (χ2v) is 6.20. The zero-order chi connectivity index (χ0) is 18.3. The summed E-state index contributed by atoms with van der Waals surface area (Å²) in [6, 6.07) is 22.3. The maximum Gasteiger partial charge on any atom is 0.146 e. The van der Waals surface area contributed by atoms with Gasteiger partial charge in [-0.3, -0.25) is 0 Å². The van der Waals surface area contributed by atoms with E-state index in [1.807, 2.05) is 48.5 Å². The molecule has 0 atom stereocenters. The Morgan fingerprint density at radius 1 is 0.538 bits per heavy atom. The molecule has 0 aromatic heterocycles. The topological polar surface area (TPSA) is 92.5 Å². The van der Waals surface area contributed by atoms with Crippen molar-refractivity contribution in [3.63, 3.8) is 0 Å². The number of anilines is 2. The van der Waals surface area contributed by atoms with E-state index in [0.29, 0.717) is 22.5 Å². The average Bonchev–Trinajstić information content (AvgIpc) is 2.66. The molecule has 26 heavy (non-hydrogen) atoms. The number of nitrogen functional groups attached to an aromatic ring is 2. The summed E-state index contributed by atoms with van der Waals surface area (Å²) >= 11 is 0. The van der Waals surface area contributed by atoms with Crippen LogP contribution in [0.4, 0.5) is 11.4 Å². The summed E-state index contributed by atoms with van der Waals surface area (Å²) in [5.41, 5.74) is 15.2. The minimum atomic E-state index is 0.0208. The van der Waals surface area contributed by atoms with Gasteiger partial charge in [-0.25, -0.2) is 0 Å². The summed E-state index contributed by atoms with van der Waals surface area (Å²) in [4.78, 5) is 0. The quantitative estimate of drug-likeness (QED) is 0.312. The van der Waals surface area contributed by atoms with Crippen molar-refractivity contribution in [2.45, 2.75) is 0 Å². The molecule has 0 spiro atoms. The van der Waals surface area contributed by atoms with Crippen LogP contribution in [0, 0.1) is 0 Å². The minimum absolute atomic E-state index is 0.0208. The van der Waals surface area contributed by atoms with Crippen LogP contribution < -0.4 is 11.5 Å². The van der Waals surface area contributed by atoms with Gasteiger partial charge in [-0.05, 0) is 28.5 Å². The second-order valence-electron chi connectivity index (χ2n) is 6.20. The predicted molar refractivity (Wildman–Crippen MR) is 107 cm³/mol. The van der Waals surface area contributed by atoms with Crippen molar-refractivity contribution < 1.29 is 10.2 Å². The molecule has 0 heterocycles. The van der Waals surface area contributed by atoms with Crippen molar-refractivity contribution in [2.75, 3.05) is 11.5 Å². The summed E-state index contributed by atoms with van der Waals surface area (Å²) in [6.07, 6.45) is 0. The van der Waals surface area contributed by atoms with Crippen molar-refractivity contribution in [1.82, 2.24) is 0 Å². The van der Waals surface area contributed by atoms with Gasteiger partial charge in [0.15, 0.2) is 0 Å². The van der Waals surface area contributed by atoms with Gasteiger partial charge in [-0.1, -0.05) is 60.7 Å². The molecule has 0 aliphatic carbocycles. The molecular weight excluding hydrogens is 324 g/mol. The number of nitrogens with two attached hydrogens (primary N) is 2. The smallest absolute Gasteiger partial charge is 0.146 e. The van der Waals surface area contributed by atoms with Crippen LogP contribution in [-0.2, 0) is 0 Å². The highest BCUT2D eigenvalue weighted by Gasteiger charge is 2.18. The van der Waals surface area contributed by atoms with Crippen LogP contribution in [-0.4, -0.2) is 10.2 Å². The normalized spacial score (nSPS) is 10.9. The highest BCUT2D eigenvalue weighted by Crippen LogP contribution is 2.46. The van der Waals surface area contributed by atoms with E-state index >= 15 is 0 Å². The predicted octanol–water partition coefficient (Wildman–Crippen LogP) is 4.75. The molecule has 4 nitrogen and oxygen atoms in total. The fourth-order valence-electron chi connectivity index (χ4n) is 3.33. The van der Waals surface area contributed by atoms with Gasteiger partial charge in [0.25, 0.3) is 0 Å². The van der Waals surface area contributed by atoms with E-state index in [1.165, 1.54) is 0 Å². The number of para-hydroxylation sites is 2. The lowest BCUT2D eigenvalue weighted by molar-refractivity contribution is 0.479. The number of aromatic hydroxyl groups is 2. The Morgan fingerprint density at radius 2 is 1.15 bits per heavy atom. The third-order valence-electron chi connectivity index (χ3n) is 4.62. The molecule has 0 fully saturated rings. The van der Waals surface area contributed by atoms with Gasteiger partial charge >= 0.3 is 0 Å². The van der Waals surface area contributed by atoms with Gasteiger partial charge in [-0.2, -0.15) is 0 Å². The first-order valence-electron chi connectivity index (χ1n) is 8.25. The Bertz CT molecular complexity index is 1140. The van der Waals surface area contributed by atoms with Crippen molar-refractivity contribution >= 4 is 22.1 Å². The zero-order valence-electron chi connectivity index (χ0n) is 14.0. The van der Waals surface area contributed by atoms with E-state index in [4.69, 9.17) is 11.5 Å². The van der Waals surface area contributed by atoms with Gasteiger partial charge in [0.05, 0.1) is 11.4 Å². The zero-order valence-corrected chi connectivity index (χ0v) is 14.0. The van der Waals surface area contributed by atoms with Gasteiger partial charge in [0.2, 0.25) is 0 Å². The number of hydrogen-bond donors (Lipinski definition) is 4. The van der Waals surface area contributed by atoms with Crippen molar-refractivity contribution in [3.05, 3.63) is 72.8 Å². The molecule has 0 aliphatic heterocycles. The first-order chi connectivity index (χ1) is 12.6. The largest absolute Gasteiger partial charge is 0.505 e. The first kappa shape index (κ1) is 15.8. The summed E-state index contributed by atoms with van der Waals surface area (Å²) < 4.78 is 0. The molecule has 0 bridgehead atoms. The number of benzene rings is 4. The van der Waals surface area contributed by atoms with Crippen LogP contribution in [0.2, 0.25) is 0 Å². The molecule has 0 radical (unpaired) electrons. The molecule has 0 saturated heterocycles. The minimum Gasteiger partial charge on any atom is -0.505 e. The Morgan fingerprint density at radius 3 is 1.88 bits per heavy atom. The fraction of sp³-hybridized carbons (Fsp3) is 0. The lowest BCUT2D eigenvalue weighted by atomic mass is 9.88. The monoisotopic (exact) mass is 342 g/mol. The summed E-state index contributed by atoms with van der Waals surface area (Å²) in [6.45, 7) is 0. The van der Waals surface area contributed by atoms with Gasteiger partial charge in [-0.15, -0.1) is 0 Å². The summed E-state index contributed by atoms with van der Waals surface area (Å²) in [5.74, 6) is 0.0425. The van der Waals surface area contributed by atoms with E-state index < -0.39 is 0 Å². The molecule has 0 aliphatic rings. The molecule has 4 heteroatoms. The van der Waals surface area contributed by atoms with Crippen molar-refractivity contribution in [2.24, 2.45) is 0 Å². The molecule has 4 aromatic carbocycles. The fourth-order valence-corrected chi connectivity index (χ4v) is 3.33. The highest BCUT2D eigenvalue weighted by molar-refractivity contribution is 6.06. The number of rotatable bonds is 2. The molecule has 0 amide bonds. The SMILES string of the molecule is Nc1cccc(-c2ccc3ccccc3c2-c2cccc(N)c2O)c1O. The molecule has 128 valence electrons. The van der Waals surface area contributed by atoms with E-state index in [9.17, 15) is 10.2 Å². The lowest BCUT2D eigenvalue weighted by Crippen LogP contribution is -1.93. The molecule has 6 N–H and O–H groups in total. The number of phenolic OH excluding ortho intramolecular Hbond substituents is 2. The van der Waals surface area contributed by atoms with Gasteiger partial charge in [0.1, 0.15) is 11.5 Å². The van der Waals surface area contributed by atoms with E-state index in [1.54, 1.807) is 24.3 Å². The van der Waals surface area contributed by atoms with Crippen LogP contribution in [0.5, 0.6) is 11.5 Å². The van der Waals surface area contributed by atoms with Crippen molar-refractivity contribution in [3.8, 4) is 33.8 Å². The molecule has 0 unspecified atom stereocenters. The first-order valence-corrected chi connectivity index (χ1v) is 8.25. The van der Waals surface area contributed by atoms with Gasteiger partial charge < -0.3 is 21.7 Å². The summed E-state index contributed by atoms with van der Waals surface area (Å²) in [7, 11) is 0. The van der Waals surface area contributed by atoms with E-state index in [0.717, 1.165) is 21.9 Å². The maximum atomic E-state index is 10.6. The lowest BCUT2D eigenvalue weighted by Gasteiger charge is -2.17. The molecule has 4 aromatic rings. The maximum absolute atomic E-state index is 10.6. The molecule has 4 rings (SSSR count). The van der Waals surface area contributed by atoms with Crippen LogP contribution >= 0.6 is 0 Å².